The van der Waals surface area contributed by atoms with Crippen LogP contribution in [0.15, 0.2) is 36.5 Å². The van der Waals surface area contributed by atoms with Gasteiger partial charge in [-0.2, -0.15) is 4.89 Å². The zero-order chi connectivity index (χ0) is 18.4. The molecular weight excluding hydrogens is 320 g/mol. The van der Waals surface area contributed by atoms with Gasteiger partial charge in [0.05, 0.1) is 13.5 Å². The number of allylic oxidation sites excluding steroid dienone is 4. The number of hydrogen-bond donors (Lipinski definition) is 0. The van der Waals surface area contributed by atoms with Crippen molar-refractivity contribution < 1.29 is 24.0 Å². The molecule has 0 aromatic carbocycles. The Balaban J connectivity index is 2.19. The van der Waals surface area contributed by atoms with Crippen LogP contribution < -0.4 is 0 Å². The molecule has 0 amide bonds. The van der Waals surface area contributed by atoms with Crippen LogP contribution in [0, 0.1) is 0 Å². The Kier molecular flexibility index (Phi) is 11.1. The zero-order valence-electron chi connectivity index (χ0n) is 15.7. The van der Waals surface area contributed by atoms with E-state index >= 15 is 0 Å². The van der Waals surface area contributed by atoms with Crippen molar-refractivity contribution in [3.63, 3.8) is 0 Å². The number of esters is 1. The molecule has 2 atom stereocenters. The van der Waals surface area contributed by atoms with Gasteiger partial charge in [-0.3, -0.25) is 4.79 Å². The average Bonchev–Trinajstić information content (AvgIpc) is 2.64. The summed E-state index contributed by atoms with van der Waals surface area (Å²) >= 11 is 0. The Morgan fingerprint density at radius 1 is 1.16 bits per heavy atom. The SMILES string of the molecule is C/C=C/C=C/CCCCCCC[C@]1(OC)C=C[C@@H](CC(=O)OC)OO1. The molecule has 0 N–H and O–H groups in total. The summed E-state index contributed by atoms with van der Waals surface area (Å²) in [5.74, 6) is -1.18. The number of methoxy groups -OCH3 is 2. The molecule has 0 aliphatic carbocycles. The van der Waals surface area contributed by atoms with Gasteiger partial charge in [0.15, 0.2) is 0 Å². The van der Waals surface area contributed by atoms with E-state index in [0.29, 0.717) is 0 Å². The third-order valence-electron chi connectivity index (χ3n) is 4.15. The minimum atomic E-state index is -0.845. The van der Waals surface area contributed by atoms with Crippen LogP contribution in [-0.2, 0) is 24.0 Å². The lowest BCUT2D eigenvalue weighted by Gasteiger charge is -2.32. The molecule has 1 rings (SSSR count). The first kappa shape index (κ1) is 21.6. The molecule has 0 aromatic rings. The third-order valence-corrected chi connectivity index (χ3v) is 4.15. The van der Waals surface area contributed by atoms with E-state index in [9.17, 15) is 4.79 Å². The van der Waals surface area contributed by atoms with Crippen molar-refractivity contribution in [2.75, 3.05) is 14.2 Å². The number of carbonyl (C=O) groups excluding carboxylic acids is 1. The highest BCUT2D eigenvalue weighted by Gasteiger charge is 2.34. The van der Waals surface area contributed by atoms with Crippen LogP contribution in [0.3, 0.4) is 0 Å². The van der Waals surface area contributed by atoms with E-state index in [1.165, 1.54) is 26.4 Å². The summed E-state index contributed by atoms with van der Waals surface area (Å²) in [5.41, 5.74) is 0. The predicted molar refractivity (Wildman–Crippen MR) is 97.7 cm³/mol. The maximum atomic E-state index is 11.3. The molecule has 1 heterocycles. The van der Waals surface area contributed by atoms with Gasteiger partial charge in [-0.15, -0.1) is 0 Å². The molecule has 0 unspecified atom stereocenters. The second-order valence-electron chi connectivity index (χ2n) is 6.13. The van der Waals surface area contributed by atoms with Crippen molar-refractivity contribution in [1.82, 2.24) is 0 Å². The van der Waals surface area contributed by atoms with Crippen molar-refractivity contribution in [2.45, 2.75) is 70.2 Å². The first-order chi connectivity index (χ1) is 12.2. The van der Waals surface area contributed by atoms with E-state index in [2.05, 4.69) is 23.0 Å². The van der Waals surface area contributed by atoms with Gasteiger partial charge >= 0.3 is 5.97 Å². The fourth-order valence-corrected chi connectivity index (χ4v) is 2.59. The van der Waals surface area contributed by atoms with Gasteiger partial charge in [0.25, 0.3) is 0 Å². The molecule has 25 heavy (non-hydrogen) atoms. The second kappa shape index (κ2) is 12.9. The molecule has 142 valence electrons. The van der Waals surface area contributed by atoms with Gasteiger partial charge in [0.2, 0.25) is 5.79 Å². The second-order valence-corrected chi connectivity index (χ2v) is 6.13. The van der Waals surface area contributed by atoms with Crippen LogP contribution >= 0.6 is 0 Å². The summed E-state index contributed by atoms with van der Waals surface area (Å²) < 4.78 is 10.1. The molecule has 5 nitrogen and oxygen atoms in total. The van der Waals surface area contributed by atoms with Crippen molar-refractivity contribution in [3.8, 4) is 0 Å². The molecule has 5 heteroatoms. The molecular formula is C20H32O5. The van der Waals surface area contributed by atoms with Crippen LogP contribution in [-0.4, -0.2) is 32.1 Å². The highest BCUT2D eigenvalue weighted by molar-refractivity contribution is 5.70. The van der Waals surface area contributed by atoms with Crippen molar-refractivity contribution >= 4 is 5.97 Å². The maximum Gasteiger partial charge on any atom is 0.308 e. The molecule has 0 bridgehead atoms. The van der Waals surface area contributed by atoms with E-state index in [-0.39, 0.29) is 12.4 Å². The van der Waals surface area contributed by atoms with Gasteiger partial charge in [0, 0.05) is 13.5 Å². The Morgan fingerprint density at radius 3 is 2.56 bits per heavy atom. The van der Waals surface area contributed by atoms with E-state index < -0.39 is 11.9 Å². The van der Waals surface area contributed by atoms with Gasteiger partial charge in [-0.25, -0.2) is 4.89 Å². The molecule has 0 spiro atoms. The Bertz CT molecular complexity index is 455. The van der Waals surface area contributed by atoms with Crippen molar-refractivity contribution in [1.29, 1.82) is 0 Å². The van der Waals surface area contributed by atoms with Gasteiger partial charge in [-0.1, -0.05) is 49.6 Å². The standard InChI is InChI=1S/C20H32O5/c1-4-5-6-7-8-9-10-11-12-13-15-20(23-3)16-14-18(24-25-20)17-19(21)22-2/h4-7,14,16,18H,8-13,15,17H2,1-3H3/b5-4+,7-6+/t18-,20+/m0/s1. The van der Waals surface area contributed by atoms with Gasteiger partial charge < -0.3 is 9.47 Å². The predicted octanol–water partition coefficient (Wildman–Crippen LogP) is 4.64. The highest BCUT2D eigenvalue weighted by atomic mass is 17.2. The van der Waals surface area contributed by atoms with Crippen LogP contribution in [0.5, 0.6) is 0 Å². The highest BCUT2D eigenvalue weighted by Crippen LogP contribution is 2.28. The number of hydrogen-bond acceptors (Lipinski definition) is 5. The quantitative estimate of drug-likeness (QED) is 0.168. The Labute approximate surface area is 151 Å². The summed E-state index contributed by atoms with van der Waals surface area (Å²) in [6, 6.07) is 0. The Hall–Kier alpha value is -1.43. The zero-order valence-corrected chi connectivity index (χ0v) is 15.7. The van der Waals surface area contributed by atoms with E-state index in [1.807, 2.05) is 19.1 Å². The van der Waals surface area contributed by atoms with Crippen LogP contribution in [0.4, 0.5) is 0 Å². The summed E-state index contributed by atoms with van der Waals surface area (Å²) in [4.78, 5) is 21.9. The lowest BCUT2D eigenvalue weighted by Crippen LogP contribution is -2.38. The monoisotopic (exact) mass is 352 g/mol. The van der Waals surface area contributed by atoms with Crippen LogP contribution in [0.2, 0.25) is 0 Å². The molecule has 0 fully saturated rings. The molecule has 1 aliphatic rings. The van der Waals surface area contributed by atoms with E-state index in [1.54, 1.807) is 13.2 Å². The van der Waals surface area contributed by atoms with E-state index in [0.717, 1.165) is 25.7 Å². The number of carbonyl (C=O) groups is 1. The molecule has 1 aliphatic heterocycles. The maximum absolute atomic E-state index is 11.3. The lowest BCUT2D eigenvalue weighted by atomic mass is 10.0. The minimum absolute atomic E-state index is 0.134. The number of unbranched alkanes of at least 4 members (excludes halogenated alkanes) is 5. The average molecular weight is 352 g/mol. The molecule has 0 radical (unpaired) electrons. The number of ether oxygens (including phenoxy) is 2. The number of rotatable bonds is 12. The first-order valence-electron chi connectivity index (χ1n) is 9.09. The van der Waals surface area contributed by atoms with Gasteiger partial charge in [-0.05, 0) is 32.3 Å². The van der Waals surface area contributed by atoms with Crippen LogP contribution in [0.1, 0.15) is 58.3 Å². The minimum Gasteiger partial charge on any atom is -0.469 e. The topological polar surface area (TPSA) is 54.0 Å². The molecule has 0 saturated heterocycles. The smallest absolute Gasteiger partial charge is 0.308 e. The largest absolute Gasteiger partial charge is 0.469 e. The fourth-order valence-electron chi connectivity index (χ4n) is 2.59. The molecule has 0 aromatic heterocycles. The summed E-state index contributed by atoms with van der Waals surface area (Å²) in [6.07, 6.45) is 19.4. The third kappa shape index (κ3) is 9.00. The Morgan fingerprint density at radius 2 is 1.92 bits per heavy atom. The first-order valence-corrected chi connectivity index (χ1v) is 9.09. The van der Waals surface area contributed by atoms with E-state index in [4.69, 9.17) is 14.5 Å². The lowest BCUT2D eigenvalue weighted by molar-refractivity contribution is -0.428. The fraction of sp³-hybridized carbons (Fsp3) is 0.650. The normalized spacial score (nSPS) is 23.6. The summed E-state index contributed by atoms with van der Waals surface area (Å²) in [5, 5.41) is 0. The molecule has 0 saturated carbocycles. The summed E-state index contributed by atoms with van der Waals surface area (Å²) in [6.45, 7) is 2.02. The van der Waals surface area contributed by atoms with Crippen LogP contribution in [0.25, 0.3) is 0 Å². The van der Waals surface area contributed by atoms with Crippen molar-refractivity contribution in [3.05, 3.63) is 36.5 Å². The van der Waals surface area contributed by atoms with Gasteiger partial charge in [0.1, 0.15) is 6.10 Å². The van der Waals surface area contributed by atoms with Crippen molar-refractivity contribution in [2.24, 2.45) is 0 Å². The summed E-state index contributed by atoms with van der Waals surface area (Å²) in [7, 11) is 2.96.